The Balaban J connectivity index is 1.42. The highest BCUT2D eigenvalue weighted by Crippen LogP contribution is 2.26. The summed E-state index contributed by atoms with van der Waals surface area (Å²) in [6, 6.07) is 7.62. The third-order valence-corrected chi connectivity index (χ3v) is 13.2. The maximum Gasteiger partial charge on any atom is 0.242 e. The van der Waals surface area contributed by atoms with Crippen LogP contribution in [0.5, 0.6) is 0 Å². The van der Waals surface area contributed by atoms with E-state index in [9.17, 15) is 19.2 Å². The number of rotatable bonds is 40. The minimum Gasteiger partial charge on any atom is -0.352 e. The van der Waals surface area contributed by atoms with E-state index in [1.54, 1.807) is 9.80 Å². The molecule has 12 nitrogen and oxygen atoms in total. The molecule has 0 aromatic heterocycles. The number of nitrogens with one attached hydrogen (secondary N) is 2. The van der Waals surface area contributed by atoms with E-state index in [2.05, 4.69) is 34.3 Å². The number of anilines is 2. The fourth-order valence-electron chi connectivity index (χ4n) is 9.33. The van der Waals surface area contributed by atoms with Crippen molar-refractivity contribution >= 4 is 35.0 Å². The van der Waals surface area contributed by atoms with Gasteiger partial charge in [0.15, 0.2) is 0 Å². The number of amides is 4. The lowest BCUT2D eigenvalue weighted by Gasteiger charge is -2.25. The zero-order valence-electron chi connectivity index (χ0n) is 40.9. The van der Waals surface area contributed by atoms with Gasteiger partial charge in [0, 0.05) is 49.4 Å². The first kappa shape index (κ1) is 55.3. The number of benzene rings is 1. The van der Waals surface area contributed by atoms with Crippen LogP contribution in [0.3, 0.4) is 0 Å². The molecule has 0 saturated carbocycles. The van der Waals surface area contributed by atoms with Gasteiger partial charge in [-0.2, -0.15) is 0 Å². The molecular formula is C52H94N8O4. The highest BCUT2D eigenvalue weighted by Gasteiger charge is 2.33. The van der Waals surface area contributed by atoms with Gasteiger partial charge in [0.05, 0.1) is 26.4 Å². The molecule has 0 radical (unpaired) electrons. The van der Waals surface area contributed by atoms with Gasteiger partial charge in [0.1, 0.15) is 0 Å². The quantitative estimate of drug-likeness (QED) is 0.0475. The van der Waals surface area contributed by atoms with Crippen LogP contribution in [-0.2, 0) is 19.2 Å². The van der Waals surface area contributed by atoms with Crippen molar-refractivity contribution in [2.75, 3.05) is 62.4 Å². The molecule has 6 N–H and O–H groups in total. The van der Waals surface area contributed by atoms with Crippen LogP contribution >= 0.6 is 0 Å². The largest absolute Gasteiger partial charge is 0.352 e. The minimum absolute atomic E-state index is 0.0235. The van der Waals surface area contributed by atoms with E-state index in [0.29, 0.717) is 65.4 Å². The van der Waals surface area contributed by atoms with Crippen LogP contribution in [-0.4, -0.2) is 98.1 Å². The molecule has 3 rings (SSSR count). The standard InChI is InChI=1S/C52H94N8O4/c1-3-5-7-9-11-13-15-17-19-21-23-31-49(61)55-45(29-25-27-37-53)39-57-41-51(63)59(43-57)47-33-35-48(36-34-47)60-44-58(42-52(60)64)40-46(30-26-28-38-54)56-50(62)32-24-22-20-18-16-14-12-10-8-6-4-2/h33-36,45-46H,3-32,37-44,53-54H2,1-2H3,(H,55,61)(H,56,62)/t45-,46-/m0/s1. The molecule has 2 saturated heterocycles. The van der Waals surface area contributed by atoms with Crippen molar-refractivity contribution in [1.29, 1.82) is 0 Å². The fourth-order valence-corrected chi connectivity index (χ4v) is 9.33. The summed E-state index contributed by atoms with van der Waals surface area (Å²) in [5.41, 5.74) is 13.2. The Morgan fingerprint density at radius 2 is 0.797 bits per heavy atom. The highest BCUT2D eigenvalue weighted by atomic mass is 16.2. The molecule has 2 heterocycles. The second kappa shape index (κ2) is 35.2. The fraction of sp³-hybridized carbons (Fsp3) is 0.808. The molecule has 366 valence electrons. The molecule has 2 aliphatic heterocycles. The third-order valence-electron chi connectivity index (χ3n) is 13.2. The minimum atomic E-state index is -0.0334. The van der Waals surface area contributed by atoms with Gasteiger partial charge in [-0.05, 0) is 75.9 Å². The Hall–Kier alpha value is -3.06. The average molecular weight is 895 g/mol. The summed E-state index contributed by atoms with van der Waals surface area (Å²) in [6.45, 7) is 8.49. The van der Waals surface area contributed by atoms with Crippen LogP contribution in [0, 0.1) is 0 Å². The van der Waals surface area contributed by atoms with Crippen molar-refractivity contribution in [2.45, 2.75) is 219 Å². The number of unbranched alkanes of at least 4 members (excludes halogenated alkanes) is 22. The van der Waals surface area contributed by atoms with E-state index in [4.69, 9.17) is 11.5 Å². The van der Waals surface area contributed by atoms with Crippen molar-refractivity contribution < 1.29 is 19.2 Å². The van der Waals surface area contributed by atoms with Gasteiger partial charge < -0.3 is 22.1 Å². The summed E-state index contributed by atoms with van der Waals surface area (Å²) in [6.07, 6.45) is 34.1. The molecule has 0 spiro atoms. The first-order valence-corrected chi connectivity index (χ1v) is 26.4. The van der Waals surface area contributed by atoms with Crippen molar-refractivity contribution in [2.24, 2.45) is 11.5 Å². The molecule has 2 aliphatic rings. The monoisotopic (exact) mass is 895 g/mol. The van der Waals surface area contributed by atoms with Crippen LogP contribution in [0.25, 0.3) is 0 Å². The molecular weight excluding hydrogens is 801 g/mol. The maximum absolute atomic E-state index is 13.3. The highest BCUT2D eigenvalue weighted by molar-refractivity contribution is 5.98. The lowest BCUT2D eigenvalue weighted by atomic mass is 10.0. The predicted molar refractivity (Wildman–Crippen MR) is 266 cm³/mol. The van der Waals surface area contributed by atoms with E-state index in [1.807, 2.05) is 24.3 Å². The number of hydrogen-bond acceptors (Lipinski definition) is 8. The predicted octanol–water partition coefficient (Wildman–Crippen LogP) is 9.53. The van der Waals surface area contributed by atoms with Gasteiger partial charge in [-0.25, -0.2) is 0 Å². The van der Waals surface area contributed by atoms with E-state index >= 15 is 0 Å². The zero-order valence-corrected chi connectivity index (χ0v) is 40.9. The number of nitrogens with two attached hydrogens (primary N) is 2. The molecule has 2 fully saturated rings. The van der Waals surface area contributed by atoms with E-state index in [-0.39, 0.29) is 35.7 Å². The molecule has 0 bridgehead atoms. The lowest BCUT2D eigenvalue weighted by Crippen LogP contribution is -2.43. The van der Waals surface area contributed by atoms with Crippen LogP contribution in [0.1, 0.15) is 206 Å². The second-order valence-electron chi connectivity index (χ2n) is 19.1. The molecule has 1 aromatic rings. The Morgan fingerprint density at radius 1 is 0.484 bits per heavy atom. The van der Waals surface area contributed by atoms with Crippen molar-refractivity contribution in [3.05, 3.63) is 24.3 Å². The van der Waals surface area contributed by atoms with E-state index in [0.717, 1.165) is 75.6 Å². The topological polar surface area (TPSA) is 157 Å². The molecule has 4 amide bonds. The molecule has 0 unspecified atom stereocenters. The average Bonchev–Trinajstić information content (AvgIpc) is 3.84. The summed E-state index contributed by atoms with van der Waals surface area (Å²) >= 11 is 0. The Morgan fingerprint density at radius 3 is 1.11 bits per heavy atom. The summed E-state index contributed by atoms with van der Waals surface area (Å²) in [5, 5.41) is 6.58. The first-order valence-electron chi connectivity index (χ1n) is 26.4. The van der Waals surface area contributed by atoms with Crippen LogP contribution in [0.15, 0.2) is 24.3 Å². The smallest absolute Gasteiger partial charge is 0.242 e. The van der Waals surface area contributed by atoms with Gasteiger partial charge in [-0.1, -0.05) is 155 Å². The van der Waals surface area contributed by atoms with Crippen LogP contribution in [0.4, 0.5) is 11.4 Å². The molecule has 0 aliphatic carbocycles. The molecule has 2 atom stereocenters. The first-order chi connectivity index (χ1) is 31.3. The summed E-state index contributed by atoms with van der Waals surface area (Å²) in [7, 11) is 0. The third kappa shape index (κ3) is 23.9. The van der Waals surface area contributed by atoms with E-state index in [1.165, 1.54) is 116 Å². The number of carbonyl (C=O) groups is 4. The number of carbonyl (C=O) groups excluding carboxylic acids is 4. The Kier molecular flexibility index (Phi) is 30.4. The van der Waals surface area contributed by atoms with Crippen molar-refractivity contribution in [3.63, 3.8) is 0 Å². The van der Waals surface area contributed by atoms with Crippen molar-refractivity contribution in [3.8, 4) is 0 Å². The number of hydrogen-bond donors (Lipinski definition) is 4. The molecule has 12 heteroatoms. The van der Waals surface area contributed by atoms with Gasteiger partial charge in [-0.3, -0.25) is 38.8 Å². The summed E-state index contributed by atoms with van der Waals surface area (Å²) in [5.74, 6) is 0.248. The Bertz CT molecular complexity index is 1290. The van der Waals surface area contributed by atoms with Gasteiger partial charge in [0.2, 0.25) is 23.6 Å². The second-order valence-corrected chi connectivity index (χ2v) is 19.1. The maximum atomic E-state index is 13.3. The SMILES string of the molecule is CCCCCCCCCCCCCC(=O)N[C@@H](CCCCN)CN1CC(=O)N(c2ccc(N3CN(C[C@H](CCCCN)NC(=O)CCCCCCCCCCCCC)CC3=O)cc2)C1. The summed E-state index contributed by atoms with van der Waals surface area (Å²) in [4.78, 5) is 60.5. The summed E-state index contributed by atoms with van der Waals surface area (Å²) < 4.78 is 0. The van der Waals surface area contributed by atoms with Crippen molar-refractivity contribution in [1.82, 2.24) is 20.4 Å². The van der Waals surface area contributed by atoms with Crippen LogP contribution < -0.4 is 31.9 Å². The van der Waals surface area contributed by atoms with Gasteiger partial charge in [0.25, 0.3) is 0 Å². The molecule has 1 aromatic carbocycles. The Labute approximate surface area is 390 Å². The number of nitrogens with zero attached hydrogens (tertiary/aromatic N) is 4. The zero-order chi connectivity index (χ0) is 46.0. The van der Waals surface area contributed by atoms with Crippen LogP contribution in [0.2, 0.25) is 0 Å². The molecule has 64 heavy (non-hydrogen) atoms. The van der Waals surface area contributed by atoms with Gasteiger partial charge >= 0.3 is 0 Å². The lowest BCUT2D eigenvalue weighted by molar-refractivity contribution is -0.123. The van der Waals surface area contributed by atoms with E-state index < -0.39 is 0 Å². The van der Waals surface area contributed by atoms with Gasteiger partial charge in [-0.15, -0.1) is 0 Å². The normalized spacial score (nSPS) is 15.7.